The Kier molecular flexibility index (Phi) is 6.58. The van der Waals surface area contributed by atoms with Gasteiger partial charge in [0.15, 0.2) is 0 Å². The molecule has 0 atom stereocenters. The Morgan fingerprint density at radius 1 is 1.20 bits per heavy atom. The Labute approximate surface area is 183 Å². The fourth-order valence-electron chi connectivity index (χ4n) is 4.61. The summed E-state index contributed by atoms with van der Waals surface area (Å²) in [5.74, 6) is 2.54. The molecule has 4 rings (SSSR count). The fraction of sp³-hybridized carbons (Fsp3) is 0.696. The van der Waals surface area contributed by atoms with Gasteiger partial charge in [-0.3, -0.25) is 9.69 Å². The molecule has 0 spiro atoms. The first kappa shape index (κ1) is 21.5. The molecule has 4 heterocycles. The van der Waals surface area contributed by atoms with Crippen LogP contribution in [0, 0.1) is 11.8 Å². The number of carbonyl (C=O) groups is 1. The van der Waals surface area contributed by atoms with Gasteiger partial charge in [0.25, 0.3) is 0 Å². The van der Waals surface area contributed by atoms with E-state index in [0.29, 0.717) is 12.5 Å². The quantitative estimate of drug-likeness (QED) is 0.645. The lowest BCUT2D eigenvalue weighted by Gasteiger charge is -2.33. The van der Waals surface area contributed by atoms with E-state index >= 15 is 0 Å². The van der Waals surface area contributed by atoms with Crippen LogP contribution in [0.2, 0.25) is 0 Å². The zero-order valence-corrected chi connectivity index (χ0v) is 19.6. The van der Waals surface area contributed by atoms with Crippen LogP contribution in [-0.2, 0) is 28.9 Å². The molecule has 7 heteroatoms. The average molecular weight is 431 g/mol. The molecule has 0 aliphatic carbocycles. The Morgan fingerprint density at radius 2 is 1.97 bits per heavy atom. The van der Waals surface area contributed by atoms with Crippen molar-refractivity contribution in [2.24, 2.45) is 11.8 Å². The lowest BCUT2D eigenvalue weighted by atomic mass is 9.96. The number of rotatable bonds is 6. The van der Waals surface area contributed by atoms with E-state index in [1.807, 2.05) is 18.3 Å². The largest absolute Gasteiger partial charge is 0.466 e. The number of piperidine rings is 1. The molecule has 0 amide bonds. The van der Waals surface area contributed by atoms with E-state index in [0.717, 1.165) is 74.9 Å². The van der Waals surface area contributed by atoms with Crippen LogP contribution in [0.5, 0.6) is 0 Å². The Bertz CT molecular complexity index is 902. The molecule has 0 radical (unpaired) electrons. The summed E-state index contributed by atoms with van der Waals surface area (Å²) in [5.41, 5.74) is 1.46. The number of hydrogen-bond donors (Lipinski definition) is 0. The standard InChI is InChI=1S/C23H34N4O2S/c1-5-26-10-9-17-18(14-26)30-22-20(17)21(24-19(25-22)13-15(3)4)27-11-7-16(8-12-27)23(28)29-6-2/h15-16H,5-14H2,1-4H3. The number of fused-ring (bicyclic) bond motifs is 3. The topological polar surface area (TPSA) is 58.6 Å². The Morgan fingerprint density at radius 3 is 2.63 bits per heavy atom. The number of thiophene rings is 1. The summed E-state index contributed by atoms with van der Waals surface area (Å²) >= 11 is 1.86. The number of nitrogens with zero attached hydrogens (tertiary/aromatic N) is 4. The van der Waals surface area contributed by atoms with E-state index in [4.69, 9.17) is 14.7 Å². The van der Waals surface area contributed by atoms with Crippen molar-refractivity contribution >= 4 is 33.3 Å². The molecule has 2 aromatic heterocycles. The molecular weight excluding hydrogens is 396 g/mol. The molecular formula is C23H34N4O2S. The maximum Gasteiger partial charge on any atom is 0.309 e. The summed E-state index contributed by atoms with van der Waals surface area (Å²) in [5, 5.41) is 1.27. The third-order valence-corrected chi connectivity index (χ3v) is 7.37. The molecule has 0 bridgehead atoms. The summed E-state index contributed by atoms with van der Waals surface area (Å²) in [6.45, 7) is 13.9. The van der Waals surface area contributed by atoms with Gasteiger partial charge in [0.1, 0.15) is 16.5 Å². The molecule has 6 nitrogen and oxygen atoms in total. The number of likely N-dealkylation sites (N-methyl/N-ethyl adjacent to an activating group) is 1. The number of carbonyl (C=O) groups excluding carboxylic acids is 1. The lowest BCUT2D eigenvalue weighted by molar-refractivity contribution is -0.148. The minimum atomic E-state index is -0.0435. The van der Waals surface area contributed by atoms with Crippen molar-refractivity contribution < 1.29 is 9.53 Å². The fourth-order valence-corrected chi connectivity index (χ4v) is 5.89. The van der Waals surface area contributed by atoms with E-state index < -0.39 is 0 Å². The highest BCUT2D eigenvalue weighted by atomic mass is 32.1. The normalized spacial score (nSPS) is 18.2. The van der Waals surface area contributed by atoms with Gasteiger partial charge in [-0.1, -0.05) is 20.8 Å². The molecule has 1 saturated heterocycles. The second-order valence-electron chi connectivity index (χ2n) is 8.88. The number of aromatic nitrogens is 2. The number of hydrogen-bond acceptors (Lipinski definition) is 7. The summed E-state index contributed by atoms with van der Waals surface area (Å²) < 4.78 is 5.25. The predicted octanol–water partition coefficient (Wildman–Crippen LogP) is 4.05. The zero-order valence-electron chi connectivity index (χ0n) is 18.7. The van der Waals surface area contributed by atoms with Crippen molar-refractivity contribution in [2.75, 3.05) is 37.7 Å². The smallest absolute Gasteiger partial charge is 0.309 e. The van der Waals surface area contributed by atoms with Gasteiger partial charge in [-0.15, -0.1) is 11.3 Å². The average Bonchev–Trinajstić information content (AvgIpc) is 3.10. The second-order valence-corrected chi connectivity index (χ2v) is 9.96. The van der Waals surface area contributed by atoms with Crippen LogP contribution in [0.25, 0.3) is 10.2 Å². The van der Waals surface area contributed by atoms with E-state index in [1.54, 1.807) is 0 Å². The van der Waals surface area contributed by atoms with Crippen molar-refractivity contribution in [3.05, 3.63) is 16.3 Å². The highest BCUT2D eigenvalue weighted by molar-refractivity contribution is 7.19. The van der Waals surface area contributed by atoms with E-state index in [1.165, 1.54) is 15.8 Å². The molecule has 164 valence electrons. The Hall–Kier alpha value is -1.73. The van der Waals surface area contributed by atoms with Crippen LogP contribution >= 0.6 is 11.3 Å². The Balaban J connectivity index is 1.67. The van der Waals surface area contributed by atoms with Crippen molar-refractivity contribution in [3.8, 4) is 0 Å². The molecule has 2 aromatic rings. The summed E-state index contributed by atoms with van der Waals surface area (Å²) in [6, 6.07) is 0. The summed E-state index contributed by atoms with van der Waals surface area (Å²) in [6.07, 6.45) is 3.63. The van der Waals surface area contributed by atoms with Crippen LogP contribution in [0.1, 0.15) is 56.8 Å². The maximum absolute atomic E-state index is 12.2. The van der Waals surface area contributed by atoms with Crippen molar-refractivity contribution in [3.63, 3.8) is 0 Å². The van der Waals surface area contributed by atoms with E-state index in [-0.39, 0.29) is 11.9 Å². The number of anilines is 1. The molecule has 0 aromatic carbocycles. The van der Waals surface area contributed by atoms with Gasteiger partial charge in [-0.2, -0.15) is 0 Å². The van der Waals surface area contributed by atoms with Gasteiger partial charge in [0.2, 0.25) is 0 Å². The molecule has 30 heavy (non-hydrogen) atoms. The van der Waals surface area contributed by atoms with Crippen molar-refractivity contribution in [1.82, 2.24) is 14.9 Å². The van der Waals surface area contributed by atoms with Gasteiger partial charge in [0.05, 0.1) is 17.9 Å². The third-order valence-electron chi connectivity index (χ3n) is 6.26. The van der Waals surface area contributed by atoms with Gasteiger partial charge in [0, 0.05) is 37.5 Å². The van der Waals surface area contributed by atoms with Crippen LogP contribution in [-0.4, -0.2) is 53.6 Å². The first-order chi connectivity index (χ1) is 14.5. The first-order valence-electron chi connectivity index (χ1n) is 11.4. The molecule has 0 unspecified atom stereocenters. The molecule has 2 aliphatic rings. The van der Waals surface area contributed by atoms with Crippen molar-refractivity contribution in [2.45, 2.75) is 59.9 Å². The zero-order chi connectivity index (χ0) is 21.3. The van der Waals surface area contributed by atoms with Crippen LogP contribution in [0.4, 0.5) is 5.82 Å². The highest BCUT2D eigenvalue weighted by Crippen LogP contribution is 2.40. The summed E-state index contributed by atoms with van der Waals surface area (Å²) in [4.78, 5) is 29.7. The predicted molar refractivity (Wildman–Crippen MR) is 122 cm³/mol. The molecule has 0 saturated carbocycles. The van der Waals surface area contributed by atoms with Crippen molar-refractivity contribution in [1.29, 1.82) is 0 Å². The third kappa shape index (κ3) is 4.33. The van der Waals surface area contributed by atoms with E-state index in [9.17, 15) is 4.79 Å². The number of esters is 1. The second kappa shape index (κ2) is 9.18. The SMILES string of the molecule is CCOC(=O)C1CCN(c2nc(CC(C)C)nc3sc4c(c23)CCN(CC)C4)CC1. The van der Waals surface area contributed by atoms with Crippen LogP contribution < -0.4 is 4.90 Å². The monoisotopic (exact) mass is 430 g/mol. The van der Waals surface area contributed by atoms with Gasteiger partial charge in [-0.05, 0) is 44.2 Å². The van der Waals surface area contributed by atoms with E-state index in [2.05, 4.69) is 30.6 Å². The number of ether oxygens (including phenoxy) is 1. The first-order valence-corrected chi connectivity index (χ1v) is 12.3. The highest BCUT2D eigenvalue weighted by Gasteiger charge is 2.30. The molecule has 0 N–H and O–H groups in total. The minimum absolute atomic E-state index is 0.0168. The lowest BCUT2D eigenvalue weighted by Crippen LogP contribution is -2.38. The maximum atomic E-state index is 12.2. The van der Waals surface area contributed by atoms with Gasteiger partial charge < -0.3 is 9.64 Å². The van der Waals surface area contributed by atoms with Gasteiger partial charge in [-0.25, -0.2) is 9.97 Å². The van der Waals surface area contributed by atoms with Gasteiger partial charge >= 0.3 is 5.97 Å². The molecule has 2 aliphatic heterocycles. The van der Waals surface area contributed by atoms with Crippen LogP contribution in [0.3, 0.4) is 0 Å². The molecule has 1 fully saturated rings. The van der Waals surface area contributed by atoms with Crippen LogP contribution in [0.15, 0.2) is 0 Å². The minimum Gasteiger partial charge on any atom is -0.466 e. The summed E-state index contributed by atoms with van der Waals surface area (Å²) in [7, 11) is 0.